The van der Waals surface area contributed by atoms with Crippen molar-refractivity contribution in [2.75, 3.05) is 0 Å². The molecule has 0 atom stereocenters. The second-order valence-electron chi connectivity index (χ2n) is 6.21. The van der Waals surface area contributed by atoms with E-state index in [0.29, 0.717) is 0 Å². The Morgan fingerprint density at radius 2 is 1.67 bits per heavy atom. The molecule has 2 aromatic carbocycles. The molecule has 0 amide bonds. The van der Waals surface area contributed by atoms with Gasteiger partial charge in [0.2, 0.25) is 5.69 Å². The zero-order chi connectivity index (χ0) is 16.7. The van der Waals surface area contributed by atoms with E-state index in [-0.39, 0.29) is 0 Å². The van der Waals surface area contributed by atoms with Gasteiger partial charge in [-0.05, 0) is 24.4 Å². The summed E-state index contributed by atoms with van der Waals surface area (Å²) in [5, 5.41) is 2.52. The van der Waals surface area contributed by atoms with E-state index in [2.05, 4.69) is 108 Å². The van der Waals surface area contributed by atoms with Gasteiger partial charge in [-0.3, -0.25) is 0 Å². The Bertz CT molecular complexity index is 1040. The van der Waals surface area contributed by atoms with E-state index in [0.717, 1.165) is 0 Å². The van der Waals surface area contributed by atoms with Crippen molar-refractivity contribution in [2.45, 2.75) is 13.8 Å². The van der Waals surface area contributed by atoms with Crippen molar-refractivity contribution < 1.29 is 9.25 Å². The van der Waals surface area contributed by atoms with Crippen LogP contribution in [0, 0.1) is 13.8 Å². The molecule has 0 N–H and O–H groups in total. The fourth-order valence-corrected chi connectivity index (χ4v) is 3.42. The SMILES string of the molecule is Cc1c(-n2ccc[n+]2C)cc2ccccc2c1-[n+]1ccccc1C. The Kier molecular flexibility index (Phi) is 3.42. The van der Waals surface area contributed by atoms with Gasteiger partial charge in [0, 0.05) is 25.1 Å². The molecule has 0 aliphatic carbocycles. The van der Waals surface area contributed by atoms with Crippen LogP contribution in [0.1, 0.15) is 11.3 Å². The normalized spacial score (nSPS) is 11.1. The molecule has 0 aliphatic rings. The molecule has 3 heteroatoms. The Hall–Kier alpha value is -2.94. The van der Waals surface area contributed by atoms with Crippen LogP contribution in [-0.4, -0.2) is 4.68 Å². The lowest BCUT2D eigenvalue weighted by molar-refractivity contribution is -0.744. The highest BCUT2D eigenvalue weighted by atomic mass is 15.4. The second-order valence-corrected chi connectivity index (χ2v) is 6.21. The number of hydrogen-bond donors (Lipinski definition) is 0. The number of aryl methyl sites for hydroxylation is 2. The highest BCUT2D eigenvalue weighted by Crippen LogP contribution is 2.28. The average Bonchev–Trinajstić information content (AvgIpc) is 3.01. The predicted octanol–water partition coefficient (Wildman–Crippen LogP) is 3.35. The first-order valence-electron chi connectivity index (χ1n) is 8.20. The minimum Gasteiger partial charge on any atom is -0.164 e. The molecule has 2 heterocycles. The molecule has 0 saturated carbocycles. The van der Waals surface area contributed by atoms with Crippen LogP contribution >= 0.6 is 0 Å². The van der Waals surface area contributed by atoms with Crippen LogP contribution in [0.2, 0.25) is 0 Å². The maximum absolute atomic E-state index is 2.28. The van der Waals surface area contributed by atoms with Crippen molar-refractivity contribution in [2.24, 2.45) is 7.05 Å². The monoisotopic (exact) mass is 315 g/mol. The average molecular weight is 315 g/mol. The summed E-state index contributed by atoms with van der Waals surface area (Å²) in [6, 6.07) is 19.3. The van der Waals surface area contributed by atoms with Crippen LogP contribution in [0.4, 0.5) is 0 Å². The van der Waals surface area contributed by atoms with E-state index in [9.17, 15) is 0 Å². The van der Waals surface area contributed by atoms with Crippen LogP contribution < -0.4 is 9.25 Å². The molecule has 0 saturated heterocycles. The second kappa shape index (κ2) is 5.60. The molecule has 0 fully saturated rings. The van der Waals surface area contributed by atoms with Gasteiger partial charge in [-0.15, -0.1) is 9.36 Å². The molecule has 4 aromatic rings. The van der Waals surface area contributed by atoms with E-state index in [1.807, 2.05) is 0 Å². The third kappa shape index (κ3) is 2.21. The summed E-state index contributed by atoms with van der Waals surface area (Å²) in [6.07, 6.45) is 6.31. The van der Waals surface area contributed by atoms with Gasteiger partial charge in [0.1, 0.15) is 5.69 Å². The molecule has 0 spiro atoms. The quantitative estimate of drug-likeness (QED) is 0.503. The van der Waals surface area contributed by atoms with Crippen LogP contribution in [0.5, 0.6) is 0 Å². The van der Waals surface area contributed by atoms with Crippen molar-refractivity contribution >= 4 is 10.8 Å². The maximum Gasteiger partial charge on any atom is 0.223 e. The van der Waals surface area contributed by atoms with Crippen LogP contribution in [0.3, 0.4) is 0 Å². The number of hydrogen-bond acceptors (Lipinski definition) is 0. The first-order valence-corrected chi connectivity index (χ1v) is 8.20. The van der Waals surface area contributed by atoms with Gasteiger partial charge in [-0.25, -0.2) is 0 Å². The molecule has 0 radical (unpaired) electrons. The lowest BCUT2D eigenvalue weighted by Gasteiger charge is -2.11. The summed E-state index contributed by atoms with van der Waals surface area (Å²) in [4.78, 5) is 0. The zero-order valence-corrected chi connectivity index (χ0v) is 14.3. The number of rotatable bonds is 2. The maximum atomic E-state index is 2.28. The Balaban J connectivity index is 2.14. The molecule has 118 valence electrons. The number of benzene rings is 2. The van der Waals surface area contributed by atoms with E-state index in [1.54, 1.807) is 0 Å². The molecule has 0 unspecified atom stereocenters. The number of pyridine rings is 1. The molecule has 24 heavy (non-hydrogen) atoms. The number of fused-ring (bicyclic) bond motifs is 1. The third-order valence-corrected chi connectivity index (χ3v) is 4.67. The van der Waals surface area contributed by atoms with Gasteiger partial charge in [0.15, 0.2) is 25.1 Å². The van der Waals surface area contributed by atoms with Gasteiger partial charge in [0.05, 0.1) is 17.1 Å². The third-order valence-electron chi connectivity index (χ3n) is 4.67. The number of nitrogens with zero attached hydrogens (tertiary/aromatic N) is 3. The first kappa shape index (κ1) is 14.6. The predicted molar refractivity (Wildman–Crippen MR) is 95.5 cm³/mol. The van der Waals surface area contributed by atoms with Crippen molar-refractivity contribution in [3.63, 3.8) is 0 Å². The van der Waals surface area contributed by atoms with Crippen molar-refractivity contribution in [3.05, 3.63) is 84.4 Å². The topological polar surface area (TPSA) is 12.7 Å². The summed E-state index contributed by atoms with van der Waals surface area (Å²) in [6.45, 7) is 4.35. The van der Waals surface area contributed by atoms with Crippen molar-refractivity contribution in [1.82, 2.24) is 4.68 Å². The van der Waals surface area contributed by atoms with Gasteiger partial charge in [0.25, 0.3) is 0 Å². The lowest BCUT2D eigenvalue weighted by atomic mass is 10.0. The lowest BCUT2D eigenvalue weighted by Crippen LogP contribution is -2.39. The molecule has 0 aliphatic heterocycles. The van der Waals surface area contributed by atoms with Crippen LogP contribution in [0.25, 0.3) is 22.1 Å². The fourth-order valence-electron chi connectivity index (χ4n) is 3.42. The highest BCUT2D eigenvalue weighted by Gasteiger charge is 2.22. The largest absolute Gasteiger partial charge is 0.223 e. The van der Waals surface area contributed by atoms with Gasteiger partial charge < -0.3 is 0 Å². The standard InChI is InChI=1S/C21H21N3/c1-16-9-6-7-13-23(16)21-17(2)20(24-14-8-12-22(24)3)15-18-10-4-5-11-19(18)21/h4-15H,1-3H3/q+2. The minimum atomic E-state index is 1.20. The summed E-state index contributed by atoms with van der Waals surface area (Å²) >= 11 is 0. The summed E-state index contributed by atoms with van der Waals surface area (Å²) < 4.78 is 6.57. The van der Waals surface area contributed by atoms with E-state index in [4.69, 9.17) is 0 Å². The zero-order valence-electron chi connectivity index (χ0n) is 14.3. The molecular formula is C21H21N3+2. The minimum absolute atomic E-state index is 1.20. The summed E-state index contributed by atoms with van der Waals surface area (Å²) in [5.74, 6) is 0. The molecular weight excluding hydrogens is 294 g/mol. The number of aromatic nitrogens is 3. The first-order chi connectivity index (χ1) is 11.7. The summed E-state index contributed by atoms with van der Waals surface area (Å²) in [5.41, 5.74) is 4.93. The van der Waals surface area contributed by atoms with Crippen molar-refractivity contribution in [3.8, 4) is 11.4 Å². The Morgan fingerprint density at radius 1 is 0.875 bits per heavy atom. The highest BCUT2D eigenvalue weighted by molar-refractivity contribution is 5.92. The smallest absolute Gasteiger partial charge is 0.164 e. The van der Waals surface area contributed by atoms with Crippen molar-refractivity contribution in [1.29, 1.82) is 0 Å². The van der Waals surface area contributed by atoms with Gasteiger partial charge >= 0.3 is 0 Å². The molecule has 4 rings (SSSR count). The van der Waals surface area contributed by atoms with E-state index in [1.165, 1.54) is 33.4 Å². The molecule has 0 bridgehead atoms. The Labute approximate surface area is 142 Å². The van der Waals surface area contributed by atoms with Crippen LogP contribution in [-0.2, 0) is 7.05 Å². The molecule has 3 nitrogen and oxygen atoms in total. The fraction of sp³-hybridized carbons (Fsp3) is 0.143. The van der Waals surface area contributed by atoms with Crippen LogP contribution in [0.15, 0.2) is 73.2 Å². The van der Waals surface area contributed by atoms with Gasteiger partial charge in [-0.1, -0.05) is 24.3 Å². The van der Waals surface area contributed by atoms with E-state index >= 15 is 0 Å². The summed E-state index contributed by atoms with van der Waals surface area (Å²) in [7, 11) is 2.06. The molecule has 2 aromatic heterocycles. The Morgan fingerprint density at radius 3 is 2.42 bits per heavy atom. The van der Waals surface area contributed by atoms with Gasteiger partial charge in [-0.2, -0.15) is 4.57 Å². The van der Waals surface area contributed by atoms with E-state index < -0.39 is 0 Å².